The summed E-state index contributed by atoms with van der Waals surface area (Å²) in [7, 11) is 0. The number of hydrogen-bond acceptors (Lipinski definition) is 2. The number of fused-ring (bicyclic) bond motifs is 2. The first-order valence-electron chi connectivity index (χ1n) is 6.87. The van der Waals surface area contributed by atoms with Crippen molar-refractivity contribution in [2.24, 2.45) is 17.8 Å². The lowest BCUT2D eigenvalue weighted by Gasteiger charge is -2.30. The van der Waals surface area contributed by atoms with Gasteiger partial charge in [0.15, 0.2) is 0 Å². The molecule has 0 aliphatic heterocycles. The summed E-state index contributed by atoms with van der Waals surface area (Å²) in [4.78, 5) is 12.0. The molecule has 2 bridgehead atoms. The SMILES string of the molecule is CC(O)C(C)(C)NC(=O)CC1CC2CCC1C2. The van der Waals surface area contributed by atoms with Crippen molar-refractivity contribution in [2.45, 2.75) is 64.5 Å². The fourth-order valence-corrected chi connectivity index (χ4v) is 3.38. The zero-order chi connectivity index (χ0) is 12.6. The predicted octanol–water partition coefficient (Wildman–Crippen LogP) is 2.09. The predicted molar refractivity (Wildman–Crippen MR) is 67.5 cm³/mol. The van der Waals surface area contributed by atoms with Gasteiger partial charge in [-0.1, -0.05) is 6.42 Å². The highest BCUT2D eigenvalue weighted by Crippen LogP contribution is 2.49. The second-order valence-corrected chi connectivity index (χ2v) is 6.58. The molecule has 4 atom stereocenters. The lowest BCUT2D eigenvalue weighted by atomic mass is 9.86. The number of rotatable bonds is 4. The van der Waals surface area contributed by atoms with Crippen molar-refractivity contribution < 1.29 is 9.90 Å². The standard InChI is InChI=1S/C14H25NO2/c1-9(16)14(2,3)15-13(17)8-12-7-10-4-5-11(12)6-10/h9-12,16H,4-8H2,1-3H3,(H,15,17). The average Bonchev–Trinajstić information content (AvgIpc) is 2.77. The Morgan fingerprint density at radius 2 is 2.12 bits per heavy atom. The molecule has 0 heterocycles. The van der Waals surface area contributed by atoms with Crippen LogP contribution in [0.25, 0.3) is 0 Å². The minimum atomic E-state index is -0.522. The highest BCUT2D eigenvalue weighted by Gasteiger charge is 2.40. The molecule has 3 heteroatoms. The van der Waals surface area contributed by atoms with E-state index < -0.39 is 11.6 Å². The van der Waals surface area contributed by atoms with Gasteiger partial charge in [0.2, 0.25) is 5.91 Å². The smallest absolute Gasteiger partial charge is 0.220 e. The van der Waals surface area contributed by atoms with Crippen LogP contribution in [0.5, 0.6) is 0 Å². The van der Waals surface area contributed by atoms with Crippen molar-refractivity contribution in [3.8, 4) is 0 Å². The Bertz CT molecular complexity index is 299. The van der Waals surface area contributed by atoms with Crippen molar-refractivity contribution in [3.05, 3.63) is 0 Å². The van der Waals surface area contributed by atoms with Crippen LogP contribution in [0.1, 0.15) is 52.9 Å². The molecule has 0 spiro atoms. The Morgan fingerprint density at radius 1 is 1.41 bits per heavy atom. The Balaban J connectivity index is 1.82. The van der Waals surface area contributed by atoms with Gasteiger partial charge in [-0.05, 0) is 57.8 Å². The molecule has 2 aliphatic carbocycles. The quantitative estimate of drug-likeness (QED) is 0.789. The van der Waals surface area contributed by atoms with E-state index in [0.29, 0.717) is 12.3 Å². The maximum atomic E-state index is 12.0. The molecule has 98 valence electrons. The van der Waals surface area contributed by atoms with Gasteiger partial charge in [0, 0.05) is 6.42 Å². The normalized spacial score (nSPS) is 33.8. The van der Waals surface area contributed by atoms with E-state index in [2.05, 4.69) is 5.32 Å². The number of hydrogen-bond donors (Lipinski definition) is 2. The van der Waals surface area contributed by atoms with Crippen LogP contribution in [0.3, 0.4) is 0 Å². The molecule has 0 radical (unpaired) electrons. The van der Waals surface area contributed by atoms with Crippen LogP contribution < -0.4 is 5.32 Å². The molecule has 0 aromatic rings. The summed E-state index contributed by atoms with van der Waals surface area (Å²) in [5.74, 6) is 2.38. The molecule has 2 rings (SSSR count). The molecule has 2 aliphatic rings. The molecule has 2 saturated carbocycles. The molecule has 1 amide bonds. The third-order valence-corrected chi connectivity index (χ3v) is 4.84. The number of nitrogens with one attached hydrogen (secondary N) is 1. The average molecular weight is 239 g/mol. The zero-order valence-corrected chi connectivity index (χ0v) is 11.2. The summed E-state index contributed by atoms with van der Waals surface area (Å²) in [5, 5.41) is 12.5. The maximum absolute atomic E-state index is 12.0. The summed E-state index contributed by atoms with van der Waals surface area (Å²) < 4.78 is 0. The van der Waals surface area contributed by atoms with Crippen LogP contribution in [-0.4, -0.2) is 22.7 Å². The van der Waals surface area contributed by atoms with E-state index in [9.17, 15) is 9.90 Å². The zero-order valence-electron chi connectivity index (χ0n) is 11.2. The van der Waals surface area contributed by atoms with Gasteiger partial charge in [0.1, 0.15) is 0 Å². The van der Waals surface area contributed by atoms with E-state index in [4.69, 9.17) is 0 Å². The van der Waals surface area contributed by atoms with Gasteiger partial charge in [-0.15, -0.1) is 0 Å². The van der Waals surface area contributed by atoms with Crippen molar-refractivity contribution in [3.63, 3.8) is 0 Å². The van der Waals surface area contributed by atoms with Gasteiger partial charge < -0.3 is 10.4 Å². The summed E-state index contributed by atoms with van der Waals surface area (Å²) in [6.07, 6.45) is 5.42. The van der Waals surface area contributed by atoms with Crippen LogP contribution in [-0.2, 0) is 4.79 Å². The van der Waals surface area contributed by atoms with E-state index in [0.717, 1.165) is 11.8 Å². The first-order valence-corrected chi connectivity index (χ1v) is 6.87. The summed E-state index contributed by atoms with van der Waals surface area (Å²) in [5.41, 5.74) is -0.519. The Hall–Kier alpha value is -0.570. The molecule has 0 saturated heterocycles. The summed E-state index contributed by atoms with van der Waals surface area (Å²) in [6, 6.07) is 0. The van der Waals surface area contributed by atoms with Crippen LogP contribution in [0.2, 0.25) is 0 Å². The minimum Gasteiger partial charge on any atom is -0.391 e. The Morgan fingerprint density at radius 3 is 2.59 bits per heavy atom. The summed E-state index contributed by atoms with van der Waals surface area (Å²) >= 11 is 0. The molecule has 0 aromatic carbocycles. The fraction of sp³-hybridized carbons (Fsp3) is 0.929. The Labute approximate surface area is 104 Å². The third-order valence-electron chi connectivity index (χ3n) is 4.84. The monoisotopic (exact) mass is 239 g/mol. The first-order chi connectivity index (χ1) is 7.88. The molecule has 3 nitrogen and oxygen atoms in total. The Kier molecular flexibility index (Phi) is 3.48. The lowest BCUT2D eigenvalue weighted by molar-refractivity contribution is -0.125. The number of carbonyl (C=O) groups is 1. The van der Waals surface area contributed by atoms with Crippen molar-refractivity contribution in [2.75, 3.05) is 0 Å². The molecular weight excluding hydrogens is 214 g/mol. The van der Waals surface area contributed by atoms with E-state index in [1.807, 2.05) is 13.8 Å². The van der Waals surface area contributed by atoms with E-state index in [-0.39, 0.29) is 5.91 Å². The second kappa shape index (κ2) is 4.60. The van der Waals surface area contributed by atoms with Crippen molar-refractivity contribution in [1.82, 2.24) is 5.32 Å². The van der Waals surface area contributed by atoms with Gasteiger partial charge in [0.05, 0.1) is 11.6 Å². The van der Waals surface area contributed by atoms with E-state index in [1.165, 1.54) is 25.7 Å². The van der Waals surface area contributed by atoms with Crippen LogP contribution in [0, 0.1) is 17.8 Å². The van der Waals surface area contributed by atoms with Crippen LogP contribution >= 0.6 is 0 Å². The number of aliphatic hydroxyl groups is 1. The number of aliphatic hydroxyl groups excluding tert-OH is 1. The van der Waals surface area contributed by atoms with E-state index >= 15 is 0 Å². The molecule has 4 unspecified atom stereocenters. The van der Waals surface area contributed by atoms with Gasteiger partial charge >= 0.3 is 0 Å². The van der Waals surface area contributed by atoms with Gasteiger partial charge in [-0.3, -0.25) is 4.79 Å². The largest absolute Gasteiger partial charge is 0.391 e. The maximum Gasteiger partial charge on any atom is 0.220 e. The lowest BCUT2D eigenvalue weighted by Crippen LogP contribution is -2.51. The van der Waals surface area contributed by atoms with Crippen LogP contribution in [0.4, 0.5) is 0 Å². The minimum absolute atomic E-state index is 0.105. The van der Waals surface area contributed by atoms with Gasteiger partial charge in [0.25, 0.3) is 0 Å². The fourth-order valence-electron chi connectivity index (χ4n) is 3.38. The molecule has 17 heavy (non-hydrogen) atoms. The molecule has 2 N–H and O–H groups in total. The first kappa shape index (κ1) is 12.9. The third kappa shape index (κ3) is 2.82. The number of carbonyl (C=O) groups excluding carboxylic acids is 1. The second-order valence-electron chi connectivity index (χ2n) is 6.58. The van der Waals surface area contributed by atoms with Crippen molar-refractivity contribution >= 4 is 5.91 Å². The van der Waals surface area contributed by atoms with Crippen LogP contribution in [0.15, 0.2) is 0 Å². The molecule has 2 fully saturated rings. The molecule has 0 aromatic heterocycles. The summed E-state index contributed by atoms with van der Waals surface area (Å²) in [6.45, 7) is 5.46. The van der Waals surface area contributed by atoms with Gasteiger partial charge in [-0.25, -0.2) is 0 Å². The van der Waals surface area contributed by atoms with Gasteiger partial charge in [-0.2, -0.15) is 0 Å². The van der Waals surface area contributed by atoms with E-state index in [1.54, 1.807) is 6.92 Å². The highest BCUT2D eigenvalue weighted by atomic mass is 16.3. The molecular formula is C14H25NO2. The van der Waals surface area contributed by atoms with Crippen molar-refractivity contribution in [1.29, 1.82) is 0 Å². The number of amides is 1. The highest BCUT2D eigenvalue weighted by molar-refractivity contribution is 5.77. The topological polar surface area (TPSA) is 49.3 Å².